The second-order valence-corrected chi connectivity index (χ2v) is 5.81. The summed E-state index contributed by atoms with van der Waals surface area (Å²) in [7, 11) is -3.30. The third kappa shape index (κ3) is 4.57. The summed E-state index contributed by atoms with van der Waals surface area (Å²) in [4.78, 5) is 11.1. The molecular weight excluding hydrogens is 204 g/mol. The Balaban J connectivity index is 2.23. The third-order valence-corrected chi connectivity index (χ3v) is 3.62. The first-order chi connectivity index (χ1) is 6.53. The highest BCUT2D eigenvalue weighted by atomic mass is 32.2. The molecule has 1 aliphatic carbocycles. The van der Waals surface area contributed by atoms with Gasteiger partial charge in [-0.2, -0.15) is 0 Å². The Labute approximate surface area is 84.0 Å². The van der Waals surface area contributed by atoms with Crippen molar-refractivity contribution in [3.05, 3.63) is 0 Å². The van der Waals surface area contributed by atoms with Crippen LogP contribution in [0.15, 0.2) is 0 Å². The number of sulfone groups is 1. The van der Waals surface area contributed by atoms with Gasteiger partial charge in [0, 0.05) is 13.1 Å². The van der Waals surface area contributed by atoms with Gasteiger partial charge >= 0.3 is 0 Å². The number of hydrogen-bond acceptors (Lipinski definition) is 4. The minimum Gasteiger partial charge on any atom is -0.355 e. The molecule has 0 atom stereocenters. The van der Waals surface area contributed by atoms with Crippen molar-refractivity contribution >= 4 is 15.7 Å². The van der Waals surface area contributed by atoms with Gasteiger partial charge in [0.2, 0.25) is 5.91 Å². The molecule has 0 unspecified atom stereocenters. The highest BCUT2D eigenvalue weighted by Gasteiger charge is 2.23. The number of nitrogens with one attached hydrogen (secondary N) is 1. The van der Waals surface area contributed by atoms with Crippen molar-refractivity contribution in [2.24, 2.45) is 11.7 Å². The smallest absolute Gasteiger partial charge is 0.235 e. The van der Waals surface area contributed by atoms with Crippen LogP contribution in [0, 0.1) is 5.92 Å². The molecule has 82 valence electrons. The summed E-state index contributed by atoms with van der Waals surface area (Å²) in [5.74, 6) is -0.401. The van der Waals surface area contributed by atoms with Gasteiger partial charge in [-0.05, 0) is 18.8 Å². The van der Waals surface area contributed by atoms with Gasteiger partial charge < -0.3 is 11.1 Å². The minimum absolute atomic E-state index is 0.0677. The first-order valence-electron chi connectivity index (χ1n) is 4.70. The van der Waals surface area contributed by atoms with Crippen LogP contribution < -0.4 is 11.1 Å². The van der Waals surface area contributed by atoms with Crippen molar-refractivity contribution in [3.8, 4) is 0 Å². The zero-order valence-corrected chi connectivity index (χ0v) is 8.85. The molecule has 1 aliphatic rings. The molecule has 0 heterocycles. The fraction of sp³-hybridized carbons (Fsp3) is 0.875. The van der Waals surface area contributed by atoms with Crippen LogP contribution in [-0.4, -0.2) is 38.9 Å². The van der Waals surface area contributed by atoms with Crippen LogP contribution in [0.2, 0.25) is 0 Å². The van der Waals surface area contributed by atoms with Gasteiger partial charge in [-0.25, -0.2) is 8.42 Å². The molecule has 0 spiro atoms. The fourth-order valence-electron chi connectivity index (χ4n) is 1.08. The van der Waals surface area contributed by atoms with E-state index in [-0.39, 0.29) is 12.3 Å². The Kier molecular flexibility index (Phi) is 3.88. The number of nitrogens with two attached hydrogens (primary N) is 1. The molecule has 1 saturated carbocycles. The molecule has 1 fully saturated rings. The summed E-state index contributed by atoms with van der Waals surface area (Å²) in [6.45, 7) is 0.676. The lowest BCUT2D eigenvalue weighted by Gasteiger charge is -2.04. The maximum Gasteiger partial charge on any atom is 0.235 e. The van der Waals surface area contributed by atoms with E-state index in [1.54, 1.807) is 0 Å². The van der Waals surface area contributed by atoms with Crippen molar-refractivity contribution < 1.29 is 13.2 Å². The molecule has 1 amide bonds. The molecule has 0 aliphatic heterocycles. The number of rotatable bonds is 6. The predicted octanol–water partition coefficient (Wildman–Crippen LogP) is -1.11. The fourth-order valence-corrected chi connectivity index (χ4v) is 2.09. The Hall–Kier alpha value is -0.620. The molecule has 0 bridgehead atoms. The quantitative estimate of drug-likeness (QED) is 0.594. The summed E-state index contributed by atoms with van der Waals surface area (Å²) >= 11 is 0. The van der Waals surface area contributed by atoms with E-state index >= 15 is 0 Å². The van der Waals surface area contributed by atoms with Crippen molar-refractivity contribution in [2.75, 3.05) is 24.6 Å². The molecule has 0 aromatic heterocycles. The highest BCUT2D eigenvalue weighted by Crippen LogP contribution is 2.27. The van der Waals surface area contributed by atoms with Crippen molar-refractivity contribution in [1.29, 1.82) is 0 Å². The lowest BCUT2D eigenvalue weighted by atomic mass is 10.4. The van der Waals surface area contributed by atoms with Crippen LogP contribution >= 0.6 is 0 Å². The third-order valence-electron chi connectivity index (χ3n) is 2.06. The molecule has 1 rings (SSSR count). The Morgan fingerprint density at radius 2 is 2.07 bits per heavy atom. The SMILES string of the molecule is NCCS(=O)(=O)CC(=O)NCC1CC1. The Morgan fingerprint density at radius 1 is 1.43 bits per heavy atom. The molecular formula is C8H16N2O3S. The van der Waals surface area contributed by atoms with Gasteiger partial charge in [-0.1, -0.05) is 0 Å². The summed E-state index contributed by atoms with van der Waals surface area (Å²) < 4.78 is 22.3. The topological polar surface area (TPSA) is 89.3 Å². The first kappa shape index (κ1) is 11.5. The van der Waals surface area contributed by atoms with Crippen LogP contribution in [0.4, 0.5) is 0 Å². The molecule has 0 saturated heterocycles. The van der Waals surface area contributed by atoms with E-state index in [0.717, 1.165) is 12.8 Å². The van der Waals surface area contributed by atoms with Crippen LogP contribution in [0.1, 0.15) is 12.8 Å². The van der Waals surface area contributed by atoms with Gasteiger partial charge in [0.25, 0.3) is 0 Å². The lowest BCUT2D eigenvalue weighted by molar-refractivity contribution is -0.118. The summed E-state index contributed by atoms with van der Waals surface area (Å²) in [6.07, 6.45) is 2.27. The predicted molar refractivity (Wildman–Crippen MR) is 53.4 cm³/mol. The summed E-state index contributed by atoms with van der Waals surface area (Å²) in [6, 6.07) is 0. The molecule has 0 aromatic carbocycles. The van der Waals surface area contributed by atoms with Crippen LogP contribution in [-0.2, 0) is 14.6 Å². The average Bonchev–Trinajstić information content (AvgIpc) is 2.82. The van der Waals surface area contributed by atoms with Gasteiger partial charge in [-0.3, -0.25) is 4.79 Å². The largest absolute Gasteiger partial charge is 0.355 e. The average molecular weight is 220 g/mol. The molecule has 3 N–H and O–H groups in total. The number of amides is 1. The van der Waals surface area contributed by atoms with E-state index in [9.17, 15) is 13.2 Å². The molecule has 0 aromatic rings. The van der Waals surface area contributed by atoms with Crippen molar-refractivity contribution in [1.82, 2.24) is 5.32 Å². The summed E-state index contributed by atoms with van der Waals surface area (Å²) in [5, 5.41) is 2.60. The highest BCUT2D eigenvalue weighted by molar-refractivity contribution is 7.92. The molecule has 5 nitrogen and oxygen atoms in total. The summed E-state index contributed by atoms with van der Waals surface area (Å²) in [5.41, 5.74) is 5.11. The maximum absolute atomic E-state index is 11.2. The van der Waals surface area contributed by atoms with Crippen LogP contribution in [0.25, 0.3) is 0 Å². The number of carbonyl (C=O) groups is 1. The Bertz CT molecular complexity index is 296. The molecule has 14 heavy (non-hydrogen) atoms. The number of hydrogen-bond donors (Lipinski definition) is 2. The molecule has 6 heteroatoms. The Morgan fingerprint density at radius 3 is 2.57 bits per heavy atom. The van der Waals surface area contributed by atoms with E-state index in [1.165, 1.54) is 0 Å². The van der Waals surface area contributed by atoms with Crippen molar-refractivity contribution in [2.45, 2.75) is 12.8 Å². The van der Waals surface area contributed by atoms with Crippen LogP contribution in [0.3, 0.4) is 0 Å². The van der Waals surface area contributed by atoms with E-state index in [1.807, 2.05) is 0 Å². The monoisotopic (exact) mass is 220 g/mol. The second kappa shape index (κ2) is 4.75. The first-order valence-corrected chi connectivity index (χ1v) is 6.53. The maximum atomic E-state index is 11.2. The second-order valence-electron chi connectivity index (χ2n) is 3.63. The van der Waals surface area contributed by atoms with E-state index in [4.69, 9.17) is 5.73 Å². The van der Waals surface area contributed by atoms with E-state index in [0.29, 0.717) is 12.5 Å². The zero-order chi connectivity index (χ0) is 10.6. The van der Waals surface area contributed by atoms with Crippen molar-refractivity contribution in [3.63, 3.8) is 0 Å². The van der Waals surface area contributed by atoms with Crippen LogP contribution in [0.5, 0.6) is 0 Å². The van der Waals surface area contributed by atoms with E-state index < -0.39 is 21.5 Å². The lowest BCUT2D eigenvalue weighted by Crippen LogP contribution is -2.33. The standard InChI is InChI=1S/C8H16N2O3S/c9-3-4-14(12,13)6-8(11)10-5-7-1-2-7/h7H,1-6,9H2,(H,10,11). The van der Waals surface area contributed by atoms with Gasteiger partial charge in [0.05, 0.1) is 5.75 Å². The minimum atomic E-state index is -3.30. The van der Waals surface area contributed by atoms with Gasteiger partial charge in [0.15, 0.2) is 9.84 Å². The van der Waals surface area contributed by atoms with Gasteiger partial charge in [-0.15, -0.1) is 0 Å². The van der Waals surface area contributed by atoms with Gasteiger partial charge in [0.1, 0.15) is 5.75 Å². The number of carbonyl (C=O) groups excluding carboxylic acids is 1. The van der Waals surface area contributed by atoms with E-state index in [2.05, 4.69) is 5.32 Å². The zero-order valence-electron chi connectivity index (χ0n) is 8.03. The normalized spacial score (nSPS) is 16.6. The molecule has 0 radical (unpaired) electrons.